The van der Waals surface area contributed by atoms with Crippen LogP contribution in [0.5, 0.6) is 0 Å². The Morgan fingerprint density at radius 3 is 2.86 bits per heavy atom. The molecule has 3 rings (SSSR count). The molecule has 8 heteroatoms. The fourth-order valence-electron chi connectivity index (χ4n) is 2.14. The van der Waals surface area contributed by atoms with E-state index in [1.165, 1.54) is 0 Å². The maximum absolute atomic E-state index is 4.20. The Morgan fingerprint density at radius 2 is 2.09 bits per heavy atom. The molecule has 3 aromatic rings. The maximum Gasteiger partial charge on any atom is 0.191 e. The monoisotopic (exact) mass is 298 g/mol. The number of hydrogen-bond donors (Lipinski definition) is 2. The number of hydrogen-bond acceptors (Lipinski definition) is 4. The minimum Gasteiger partial charge on any atom is -0.352 e. The lowest BCUT2D eigenvalue weighted by molar-refractivity contribution is 0.757. The second kappa shape index (κ2) is 6.25. The highest BCUT2D eigenvalue weighted by atomic mass is 15.3. The fraction of sp³-hybridized carbons (Fsp3) is 0.286. The Balaban J connectivity index is 1.59. The number of fused-ring (bicyclic) bond motifs is 1. The zero-order valence-electron chi connectivity index (χ0n) is 12.6. The zero-order chi connectivity index (χ0) is 15.4. The highest BCUT2D eigenvalue weighted by Crippen LogP contribution is 2.02. The van der Waals surface area contributed by atoms with Crippen molar-refractivity contribution in [2.75, 3.05) is 7.05 Å². The van der Waals surface area contributed by atoms with Crippen molar-refractivity contribution < 1.29 is 0 Å². The van der Waals surface area contributed by atoms with E-state index in [1.807, 2.05) is 48.2 Å². The van der Waals surface area contributed by atoms with Crippen molar-refractivity contribution in [3.8, 4) is 0 Å². The molecule has 0 fully saturated rings. The standard InChI is InChI=1S/C14H18N8/c1-15-14(16-7-11-8-18-21(2)10-11)17-9-13-20-19-12-5-3-4-6-22(12)13/h3-6,8,10H,7,9H2,1-2H3,(H2,15,16,17). The van der Waals surface area contributed by atoms with E-state index >= 15 is 0 Å². The normalized spacial score (nSPS) is 11.8. The largest absolute Gasteiger partial charge is 0.352 e. The molecule has 8 nitrogen and oxygen atoms in total. The molecule has 0 aliphatic heterocycles. The molecular formula is C14H18N8. The van der Waals surface area contributed by atoms with Gasteiger partial charge in [-0.05, 0) is 12.1 Å². The Bertz CT molecular complexity index is 785. The molecule has 0 aromatic carbocycles. The topological polar surface area (TPSA) is 84.4 Å². The number of nitrogens with zero attached hydrogens (tertiary/aromatic N) is 6. The third-order valence-electron chi connectivity index (χ3n) is 3.24. The summed E-state index contributed by atoms with van der Waals surface area (Å²) in [5.41, 5.74) is 1.93. The smallest absolute Gasteiger partial charge is 0.191 e. The summed E-state index contributed by atoms with van der Waals surface area (Å²) in [6.07, 6.45) is 5.73. The van der Waals surface area contributed by atoms with Crippen molar-refractivity contribution in [3.63, 3.8) is 0 Å². The molecule has 3 aromatic heterocycles. The van der Waals surface area contributed by atoms with Gasteiger partial charge in [0.1, 0.15) is 0 Å². The van der Waals surface area contributed by atoms with Crippen LogP contribution in [-0.4, -0.2) is 37.4 Å². The van der Waals surface area contributed by atoms with Crippen LogP contribution in [0.3, 0.4) is 0 Å². The van der Waals surface area contributed by atoms with Crippen molar-refractivity contribution in [2.24, 2.45) is 12.0 Å². The number of aliphatic imine (C=N–C) groups is 1. The van der Waals surface area contributed by atoms with E-state index in [9.17, 15) is 0 Å². The van der Waals surface area contributed by atoms with E-state index < -0.39 is 0 Å². The van der Waals surface area contributed by atoms with Crippen LogP contribution < -0.4 is 10.6 Å². The second-order valence-electron chi connectivity index (χ2n) is 4.85. The highest BCUT2D eigenvalue weighted by molar-refractivity contribution is 5.79. The zero-order valence-corrected chi connectivity index (χ0v) is 12.6. The van der Waals surface area contributed by atoms with Crippen LogP contribution >= 0.6 is 0 Å². The lowest BCUT2D eigenvalue weighted by Crippen LogP contribution is -2.36. The first-order valence-corrected chi connectivity index (χ1v) is 6.97. The number of guanidine groups is 1. The first-order chi connectivity index (χ1) is 10.8. The number of nitrogens with one attached hydrogen (secondary N) is 2. The summed E-state index contributed by atoms with van der Waals surface area (Å²) in [5, 5.41) is 18.9. The number of aryl methyl sites for hydroxylation is 1. The van der Waals surface area contributed by atoms with Crippen LogP contribution in [0.1, 0.15) is 11.4 Å². The summed E-state index contributed by atoms with van der Waals surface area (Å²) >= 11 is 0. The van der Waals surface area contributed by atoms with E-state index in [4.69, 9.17) is 0 Å². The Morgan fingerprint density at radius 1 is 1.23 bits per heavy atom. The SMILES string of the molecule is CN=C(NCc1cnn(C)c1)NCc1nnc2ccccn12. The van der Waals surface area contributed by atoms with Crippen LogP contribution in [0.25, 0.3) is 5.65 Å². The van der Waals surface area contributed by atoms with Gasteiger partial charge in [0, 0.05) is 38.6 Å². The first kappa shape index (κ1) is 14.1. The molecular weight excluding hydrogens is 280 g/mol. The molecule has 0 atom stereocenters. The molecule has 0 saturated heterocycles. The molecule has 2 N–H and O–H groups in total. The van der Waals surface area contributed by atoms with E-state index in [1.54, 1.807) is 11.7 Å². The highest BCUT2D eigenvalue weighted by Gasteiger charge is 2.05. The molecule has 0 aliphatic rings. The van der Waals surface area contributed by atoms with Crippen LogP contribution in [0.15, 0.2) is 41.8 Å². The Labute approximate surface area is 127 Å². The number of aromatic nitrogens is 5. The molecule has 0 spiro atoms. The van der Waals surface area contributed by atoms with Gasteiger partial charge in [-0.3, -0.25) is 14.1 Å². The molecule has 22 heavy (non-hydrogen) atoms. The van der Waals surface area contributed by atoms with E-state index in [0.717, 1.165) is 17.0 Å². The average Bonchev–Trinajstić information content (AvgIpc) is 3.14. The van der Waals surface area contributed by atoms with Gasteiger partial charge in [-0.2, -0.15) is 5.10 Å². The van der Waals surface area contributed by atoms with E-state index in [-0.39, 0.29) is 0 Å². The average molecular weight is 298 g/mol. The Kier molecular flexibility index (Phi) is 3.99. The molecule has 0 bridgehead atoms. The van der Waals surface area contributed by atoms with Crippen LogP contribution in [-0.2, 0) is 20.1 Å². The summed E-state index contributed by atoms with van der Waals surface area (Å²) < 4.78 is 3.72. The quantitative estimate of drug-likeness (QED) is 0.535. The molecule has 3 heterocycles. The summed E-state index contributed by atoms with van der Waals surface area (Å²) in [4.78, 5) is 4.20. The molecule has 0 saturated carbocycles. The van der Waals surface area contributed by atoms with E-state index in [0.29, 0.717) is 19.0 Å². The molecule has 0 unspecified atom stereocenters. The van der Waals surface area contributed by atoms with Crippen molar-refractivity contribution in [2.45, 2.75) is 13.1 Å². The van der Waals surface area contributed by atoms with Gasteiger partial charge in [0.15, 0.2) is 17.4 Å². The fourth-order valence-corrected chi connectivity index (χ4v) is 2.14. The van der Waals surface area contributed by atoms with Gasteiger partial charge in [-0.25, -0.2) is 0 Å². The van der Waals surface area contributed by atoms with Crippen LogP contribution in [0.4, 0.5) is 0 Å². The van der Waals surface area contributed by atoms with Gasteiger partial charge >= 0.3 is 0 Å². The number of pyridine rings is 1. The summed E-state index contributed by atoms with van der Waals surface area (Å²) in [6.45, 7) is 1.20. The third kappa shape index (κ3) is 3.05. The summed E-state index contributed by atoms with van der Waals surface area (Å²) in [7, 11) is 3.63. The Hall–Kier alpha value is -2.90. The first-order valence-electron chi connectivity index (χ1n) is 6.97. The van der Waals surface area contributed by atoms with Crippen LogP contribution in [0.2, 0.25) is 0 Å². The van der Waals surface area contributed by atoms with Crippen molar-refractivity contribution in [3.05, 3.63) is 48.2 Å². The maximum atomic E-state index is 4.20. The molecule has 114 valence electrons. The second-order valence-corrected chi connectivity index (χ2v) is 4.85. The summed E-state index contributed by atoms with van der Waals surface area (Å²) in [5.74, 6) is 1.54. The number of rotatable bonds is 4. The third-order valence-corrected chi connectivity index (χ3v) is 3.24. The lowest BCUT2D eigenvalue weighted by atomic mass is 10.4. The molecule has 0 radical (unpaired) electrons. The summed E-state index contributed by atoms with van der Waals surface area (Å²) in [6, 6.07) is 5.82. The lowest BCUT2D eigenvalue weighted by Gasteiger charge is -2.10. The van der Waals surface area contributed by atoms with Crippen molar-refractivity contribution in [1.82, 2.24) is 35.0 Å². The van der Waals surface area contributed by atoms with Gasteiger partial charge in [0.05, 0.1) is 12.7 Å². The van der Waals surface area contributed by atoms with Gasteiger partial charge in [0.25, 0.3) is 0 Å². The molecule has 0 amide bonds. The van der Waals surface area contributed by atoms with Gasteiger partial charge in [-0.1, -0.05) is 6.07 Å². The molecule has 0 aliphatic carbocycles. The minimum atomic E-state index is 0.540. The van der Waals surface area contributed by atoms with Gasteiger partial charge < -0.3 is 10.6 Å². The predicted octanol–water partition coefficient (Wildman–Crippen LogP) is 0.328. The van der Waals surface area contributed by atoms with Gasteiger partial charge in [0.2, 0.25) is 0 Å². The van der Waals surface area contributed by atoms with E-state index in [2.05, 4.69) is 30.9 Å². The van der Waals surface area contributed by atoms with Crippen molar-refractivity contribution >= 4 is 11.6 Å². The van der Waals surface area contributed by atoms with Gasteiger partial charge in [-0.15, -0.1) is 10.2 Å². The van der Waals surface area contributed by atoms with Crippen molar-refractivity contribution in [1.29, 1.82) is 0 Å². The van der Waals surface area contributed by atoms with Crippen LogP contribution in [0, 0.1) is 0 Å². The predicted molar refractivity (Wildman–Crippen MR) is 83.2 cm³/mol. The minimum absolute atomic E-state index is 0.540.